The van der Waals surface area contributed by atoms with Crippen LogP contribution >= 0.6 is 41.9 Å². The Labute approximate surface area is 195 Å². The van der Waals surface area contributed by atoms with E-state index in [-0.39, 0.29) is 18.4 Å². The van der Waals surface area contributed by atoms with E-state index in [1.54, 1.807) is 6.20 Å². The molecule has 158 valence electrons. The number of carbonyl (C=O) groups excluding carboxylic acids is 1. The molecule has 0 bridgehead atoms. The molecule has 0 aliphatic rings. The maximum absolute atomic E-state index is 11.6. The van der Waals surface area contributed by atoms with Crippen LogP contribution in [0.1, 0.15) is 19.0 Å². The van der Waals surface area contributed by atoms with Crippen LogP contribution in [0.3, 0.4) is 0 Å². The Morgan fingerprint density at radius 2 is 2.27 bits per heavy atom. The molecule has 1 atom stereocenters. The van der Waals surface area contributed by atoms with Crippen molar-refractivity contribution in [1.29, 1.82) is 0 Å². The molecule has 0 aromatic carbocycles. The Kier molecular flexibility index (Phi) is 7.42. The summed E-state index contributed by atoms with van der Waals surface area (Å²) in [5, 5.41) is 4.56. The lowest BCUT2D eigenvalue weighted by Gasteiger charge is -2.17. The zero-order chi connectivity index (χ0) is 21.8. The fourth-order valence-corrected chi connectivity index (χ4v) is 4.32. The molecule has 11 heteroatoms. The SMILES string of the molecule is C=COc1c(C)nc(-c2cn(SI)c3ncc(Cl)cc23)nc1NC(C)CC(=O)OC. The molecule has 8 nitrogen and oxygen atoms in total. The average Bonchev–Trinajstić information content (AvgIpc) is 3.07. The highest BCUT2D eigenvalue weighted by molar-refractivity contribution is 14.2. The molecule has 1 unspecified atom stereocenters. The van der Waals surface area contributed by atoms with E-state index in [2.05, 4.69) is 48.1 Å². The predicted molar refractivity (Wildman–Crippen MR) is 128 cm³/mol. The number of nitrogens with zero attached hydrogens (tertiary/aromatic N) is 4. The van der Waals surface area contributed by atoms with Crippen LogP contribution in [-0.2, 0) is 9.53 Å². The second-order valence-electron chi connectivity index (χ2n) is 6.38. The summed E-state index contributed by atoms with van der Waals surface area (Å²) in [6.45, 7) is 7.29. The molecular weight excluding hydrogens is 541 g/mol. The van der Waals surface area contributed by atoms with Gasteiger partial charge in [-0.15, -0.1) is 0 Å². The highest BCUT2D eigenvalue weighted by Crippen LogP contribution is 2.36. The summed E-state index contributed by atoms with van der Waals surface area (Å²) < 4.78 is 12.2. The number of aryl methyl sites for hydroxylation is 1. The summed E-state index contributed by atoms with van der Waals surface area (Å²) in [5.74, 6) is 1.05. The molecule has 0 saturated heterocycles. The molecule has 0 fully saturated rings. The van der Waals surface area contributed by atoms with Crippen LogP contribution in [0.2, 0.25) is 5.02 Å². The number of nitrogens with one attached hydrogen (secondary N) is 1. The summed E-state index contributed by atoms with van der Waals surface area (Å²) in [6, 6.07) is 1.59. The summed E-state index contributed by atoms with van der Waals surface area (Å²) in [5.41, 5.74) is 2.15. The Hall–Kier alpha value is -2.05. The van der Waals surface area contributed by atoms with E-state index in [1.807, 2.05) is 30.1 Å². The fourth-order valence-electron chi connectivity index (χ4n) is 2.91. The number of hydrogen-bond acceptors (Lipinski definition) is 8. The minimum atomic E-state index is -0.324. The Morgan fingerprint density at radius 1 is 1.50 bits per heavy atom. The summed E-state index contributed by atoms with van der Waals surface area (Å²) in [7, 11) is 2.84. The van der Waals surface area contributed by atoms with Crippen molar-refractivity contribution in [3.63, 3.8) is 0 Å². The fraction of sp³-hybridized carbons (Fsp3) is 0.263. The van der Waals surface area contributed by atoms with E-state index in [0.29, 0.717) is 28.1 Å². The largest absolute Gasteiger partial charge is 0.469 e. The van der Waals surface area contributed by atoms with Crippen molar-refractivity contribution in [2.75, 3.05) is 12.4 Å². The van der Waals surface area contributed by atoms with E-state index >= 15 is 0 Å². The first-order valence-corrected chi connectivity index (χ1v) is 12.5. The van der Waals surface area contributed by atoms with Gasteiger partial charge in [0.15, 0.2) is 23.0 Å². The maximum Gasteiger partial charge on any atom is 0.307 e. The third-order valence-electron chi connectivity index (χ3n) is 4.21. The van der Waals surface area contributed by atoms with Gasteiger partial charge in [-0.05, 0) is 19.9 Å². The van der Waals surface area contributed by atoms with Crippen molar-refractivity contribution >= 4 is 64.7 Å². The number of pyridine rings is 1. The normalized spacial score (nSPS) is 11.9. The number of anilines is 1. The van der Waals surface area contributed by atoms with Crippen molar-refractivity contribution in [3.8, 4) is 17.1 Å². The van der Waals surface area contributed by atoms with Gasteiger partial charge in [0.05, 0.1) is 30.5 Å². The first-order chi connectivity index (χ1) is 14.4. The number of halogens is 2. The van der Waals surface area contributed by atoms with Crippen LogP contribution in [-0.4, -0.2) is 38.0 Å². The van der Waals surface area contributed by atoms with E-state index < -0.39 is 0 Å². The minimum absolute atomic E-state index is 0.173. The summed E-state index contributed by atoms with van der Waals surface area (Å²) in [4.78, 5) is 25.4. The highest BCUT2D eigenvalue weighted by atomic mass is 127. The molecule has 0 aliphatic carbocycles. The van der Waals surface area contributed by atoms with Gasteiger partial charge in [0.1, 0.15) is 0 Å². The van der Waals surface area contributed by atoms with Gasteiger partial charge in [0, 0.05) is 59.7 Å². The van der Waals surface area contributed by atoms with E-state index in [9.17, 15) is 4.79 Å². The number of rotatable bonds is 8. The van der Waals surface area contributed by atoms with Crippen molar-refractivity contribution in [2.45, 2.75) is 26.3 Å². The third-order valence-corrected chi connectivity index (χ3v) is 6.12. The smallest absolute Gasteiger partial charge is 0.307 e. The van der Waals surface area contributed by atoms with Crippen LogP contribution < -0.4 is 10.1 Å². The van der Waals surface area contributed by atoms with Crippen molar-refractivity contribution in [2.24, 2.45) is 0 Å². The summed E-state index contributed by atoms with van der Waals surface area (Å²) in [6.07, 6.45) is 5.00. The molecule has 3 aromatic rings. The third kappa shape index (κ3) is 4.81. The monoisotopic (exact) mass is 559 g/mol. The molecule has 0 aliphatic heterocycles. The second kappa shape index (κ2) is 9.84. The first kappa shape index (κ1) is 22.6. The van der Waals surface area contributed by atoms with Crippen molar-refractivity contribution < 1.29 is 14.3 Å². The van der Waals surface area contributed by atoms with Crippen LogP contribution in [0, 0.1) is 6.92 Å². The molecule has 0 saturated carbocycles. The lowest BCUT2D eigenvalue weighted by atomic mass is 10.2. The molecular formula is C19H19ClIN5O3S. The van der Waals surface area contributed by atoms with Gasteiger partial charge in [0.25, 0.3) is 0 Å². The number of esters is 1. The molecule has 3 aromatic heterocycles. The van der Waals surface area contributed by atoms with Crippen LogP contribution in [0.25, 0.3) is 22.4 Å². The molecule has 0 radical (unpaired) electrons. The number of methoxy groups -OCH3 is 1. The molecule has 1 N–H and O–H groups in total. The molecule has 0 spiro atoms. The lowest BCUT2D eigenvalue weighted by molar-refractivity contribution is -0.140. The minimum Gasteiger partial charge on any atom is -0.469 e. The van der Waals surface area contributed by atoms with Gasteiger partial charge in [0.2, 0.25) is 0 Å². The van der Waals surface area contributed by atoms with Crippen molar-refractivity contribution in [3.05, 3.63) is 42.0 Å². The molecule has 3 rings (SSSR count). The zero-order valence-electron chi connectivity index (χ0n) is 16.5. The van der Waals surface area contributed by atoms with Gasteiger partial charge in [-0.1, -0.05) is 18.2 Å². The number of hydrogen-bond donors (Lipinski definition) is 1. The Balaban J connectivity index is 2.11. The number of carbonyl (C=O) groups is 1. The lowest BCUT2D eigenvalue weighted by Crippen LogP contribution is -2.21. The number of aromatic nitrogens is 4. The Bertz CT molecular complexity index is 1110. The molecule has 30 heavy (non-hydrogen) atoms. The van der Waals surface area contributed by atoms with E-state index in [4.69, 9.17) is 21.1 Å². The van der Waals surface area contributed by atoms with Gasteiger partial charge in [-0.25, -0.2) is 15.0 Å². The Morgan fingerprint density at radius 3 is 2.93 bits per heavy atom. The van der Waals surface area contributed by atoms with Crippen molar-refractivity contribution in [1.82, 2.24) is 18.9 Å². The van der Waals surface area contributed by atoms with Crippen LogP contribution in [0.5, 0.6) is 5.75 Å². The number of ether oxygens (including phenoxy) is 2. The topological polar surface area (TPSA) is 91.2 Å². The van der Waals surface area contributed by atoms with Crippen LogP contribution in [0.4, 0.5) is 5.82 Å². The first-order valence-electron chi connectivity index (χ1n) is 8.83. The van der Waals surface area contributed by atoms with Gasteiger partial charge >= 0.3 is 5.97 Å². The standard InChI is InChI=1S/C19H19ClIN5O3S/c1-5-29-16-11(3)24-17(25-18(16)23-10(2)6-15(27)28-4)14-9-26(30-21)19-13(14)7-12(20)8-22-19/h5,7-10H,1,6H2,2-4H3,(H,23,24,25). The highest BCUT2D eigenvalue weighted by Gasteiger charge is 2.20. The van der Waals surface area contributed by atoms with Gasteiger partial charge < -0.3 is 14.8 Å². The predicted octanol–water partition coefficient (Wildman–Crippen LogP) is 5.19. The number of fused-ring (bicyclic) bond motifs is 1. The zero-order valence-corrected chi connectivity index (χ0v) is 20.2. The average molecular weight is 560 g/mol. The molecule has 3 heterocycles. The molecule has 0 amide bonds. The van der Waals surface area contributed by atoms with Gasteiger partial charge in [-0.3, -0.25) is 8.77 Å². The maximum atomic E-state index is 11.6. The summed E-state index contributed by atoms with van der Waals surface area (Å²) >= 11 is 8.36. The second-order valence-corrected chi connectivity index (χ2v) is 8.53. The van der Waals surface area contributed by atoms with E-state index in [1.165, 1.54) is 22.5 Å². The van der Waals surface area contributed by atoms with E-state index in [0.717, 1.165) is 16.6 Å². The van der Waals surface area contributed by atoms with Gasteiger partial charge in [-0.2, -0.15) is 0 Å². The quantitative estimate of drug-likeness (QED) is 0.229. The van der Waals surface area contributed by atoms with Crippen LogP contribution in [0.15, 0.2) is 31.3 Å².